The van der Waals surface area contributed by atoms with Crippen LogP contribution in [-0.2, 0) is 9.53 Å². The first-order valence-electron chi connectivity index (χ1n) is 13.0. The van der Waals surface area contributed by atoms with E-state index in [1.54, 1.807) is 4.90 Å². The van der Waals surface area contributed by atoms with Crippen LogP contribution in [-0.4, -0.2) is 90.0 Å². The zero-order valence-corrected chi connectivity index (χ0v) is 21.7. The van der Waals surface area contributed by atoms with Crippen molar-refractivity contribution < 1.29 is 14.3 Å². The van der Waals surface area contributed by atoms with Crippen LogP contribution < -0.4 is 10.2 Å². The third kappa shape index (κ3) is 6.94. The van der Waals surface area contributed by atoms with Crippen LogP contribution in [0.25, 0.3) is 11.3 Å². The van der Waals surface area contributed by atoms with Crippen LogP contribution in [0.4, 0.5) is 10.6 Å². The Morgan fingerprint density at radius 2 is 1.86 bits per heavy atom. The summed E-state index contributed by atoms with van der Waals surface area (Å²) in [7, 11) is 0. The van der Waals surface area contributed by atoms with Gasteiger partial charge in [-0.25, -0.2) is 4.79 Å². The first-order chi connectivity index (χ1) is 17.4. The zero-order valence-electron chi connectivity index (χ0n) is 21.7. The molecule has 2 aliphatic heterocycles. The number of hydrogen-bond acceptors (Lipinski definition) is 6. The molecule has 4 rings (SSSR count). The van der Waals surface area contributed by atoms with E-state index in [2.05, 4.69) is 51.6 Å². The fourth-order valence-corrected chi connectivity index (χ4v) is 4.62. The van der Waals surface area contributed by atoms with Gasteiger partial charge in [-0.1, -0.05) is 29.8 Å². The molecule has 9 heteroatoms. The van der Waals surface area contributed by atoms with Crippen LogP contribution in [0.5, 0.6) is 0 Å². The van der Waals surface area contributed by atoms with Crippen molar-refractivity contribution in [3.05, 3.63) is 42.0 Å². The highest BCUT2D eigenvalue weighted by molar-refractivity contribution is 5.84. The number of anilines is 1. The number of aromatic nitrogens is 2. The molecule has 194 valence electrons. The average Bonchev–Trinajstić information content (AvgIpc) is 3.25. The van der Waals surface area contributed by atoms with Gasteiger partial charge in [-0.3, -0.25) is 4.79 Å². The second kappa shape index (κ2) is 12.2. The predicted molar refractivity (Wildman–Crippen MR) is 140 cm³/mol. The predicted octanol–water partition coefficient (Wildman–Crippen LogP) is 3.09. The SMILES string of the molecule is Cc1ccc(-c2ccc(N3CCCN(C(=O)CN(CC4CCCO4)C(=O)NC(C)C)CC3)nn2)cc1. The zero-order chi connectivity index (χ0) is 25.5. The number of carbonyl (C=O) groups is 2. The molecule has 2 aliphatic rings. The van der Waals surface area contributed by atoms with E-state index in [9.17, 15) is 9.59 Å². The molecule has 1 N–H and O–H groups in total. The summed E-state index contributed by atoms with van der Waals surface area (Å²) < 4.78 is 5.72. The molecule has 1 aromatic carbocycles. The van der Waals surface area contributed by atoms with Crippen molar-refractivity contribution in [2.24, 2.45) is 0 Å². The lowest BCUT2D eigenvalue weighted by Gasteiger charge is -2.29. The molecule has 2 saturated heterocycles. The highest BCUT2D eigenvalue weighted by atomic mass is 16.5. The number of urea groups is 1. The molecular formula is C27H38N6O3. The van der Waals surface area contributed by atoms with E-state index in [0.717, 1.165) is 49.5 Å². The normalized spacial score (nSPS) is 18.3. The van der Waals surface area contributed by atoms with Gasteiger partial charge < -0.3 is 24.8 Å². The Kier molecular flexibility index (Phi) is 8.74. The van der Waals surface area contributed by atoms with E-state index in [-0.39, 0.29) is 30.6 Å². The summed E-state index contributed by atoms with van der Waals surface area (Å²) in [5, 5.41) is 11.8. The molecule has 1 atom stereocenters. The maximum atomic E-state index is 13.2. The number of aryl methyl sites for hydroxylation is 1. The van der Waals surface area contributed by atoms with Crippen molar-refractivity contribution in [2.75, 3.05) is 50.8 Å². The Bertz CT molecular complexity index is 1010. The highest BCUT2D eigenvalue weighted by Gasteiger charge is 2.27. The van der Waals surface area contributed by atoms with Crippen LogP contribution in [0.1, 0.15) is 38.7 Å². The van der Waals surface area contributed by atoms with E-state index in [0.29, 0.717) is 26.2 Å². The van der Waals surface area contributed by atoms with Gasteiger partial charge in [0.15, 0.2) is 5.82 Å². The number of hydrogen-bond donors (Lipinski definition) is 1. The molecule has 3 amide bonds. The lowest BCUT2D eigenvalue weighted by molar-refractivity contribution is -0.131. The number of nitrogens with zero attached hydrogens (tertiary/aromatic N) is 5. The summed E-state index contributed by atoms with van der Waals surface area (Å²) >= 11 is 0. The van der Waals surface area contributed by atoms with Gasteiger partial charge in [0.25, 0.3) is 0 Å². The maximum Gasteiger partial charge on any atom is 0.318 e. The van der Waals surface area contributed by atoms with E-state index < -0.39 is 0 Å². The second-order valence-electron chi connectivity index (χ2n) is 9.98. The van der Waals surface area contributed by atoms with Gasteiger partial charge in [-0.15, -0.1) is 10.2 Å². The molecule has 1 aromatic heterocycles. The van der Waals surface area contributed by atoms with E-state index >= 15 is 0 Å². The molecule has 0 spiro atoms. The van der Waals surface area contributed by atoms with Gasteiger partial charge in [-0.2, -0.15) is 0 Å². The monoisotopic (exact) mass is 494 g/mol. The smallest absolute Gasteiger partial charge is 0.318 e. The number of benzene rings is 1. The van der Waals surface area contributed by atoms with Crippen molar-refractivity contribution in [1.82, 2.24) is 25.3 Å². The van der Waals surface area contributed by atoms with Crippen LogP contribution in [0.15, 0.2) is 36.4 Å². The summed E-state index contributed by atoms with van der Waals surface area (Å²) in [4.78, 5) is 31.6. The van der Waals surface area contributed by atoms with Gasteiger partial charge in [-0.05, 0) is 52.2 Å². The molecule has 0 radical (unpaired) electrons. The molecular weight excluding hydrogens is 456 g/mol. The topological polar surface area (TPSA) is 90.9 Å². The molecule has 0 aliphatic carbocycles. The lowest BCUT2D eigenvalue weighted by atomic mass is 10.1. The van der Waals surface area contributed by atoms with Gasteiger partial charge in [0.2, 0.25) is 5.91 Å². The van der Waals surface area contributed by atoms with Crippen LogP contribution in [0, 0.1) is 6.92 Å². The van der Waals surface area contributed by atoms with Crippen LogP contribution in [0.2, 0.25) is 0 Å². The third-order valence-corrected chi connectivity index (χ3v) is 6.64. The van der Waals surface area contributed by atoms with Crippen molar-refractivity contribution in [3.63, 3.8) is 0 Å². The maximum absolute atomic E-state index is 13.2. The fourth-order valence-electron chi connectivity index (χ4n) is 4.62. The van der Waals surface area contributed by atoms with Gasteiger partial charge in [0.05, 0.1) is 11.8 Å². The number of carbonyl (C=O) groups excluding carboxylic acids is 2. The number of rotatable bonds is 7. The molecule has 1 unspecified atom stereocenters. The summed E-state index contributed by atoms with van der Waals surface area (Å²) in [5.74, 6) is 0.783. The molecule has 2 aromatic rings. The minimum atomic E-state index is -0.214. The van der Waals surface area contributed by atoms with Gasteiger partial charge in [0, 0.05) is 50.9 Å². The number of amides is 3. The minimum absolute atomic E-state index is 0.00297. The van der Waals surface area contributed by atoms with E-state index in [1.165, 1.54) is 5.56 Å². The van der Waals surface area contributed by atoms with Crippen molar-refractivity contribution >= 4 is 17.8 Å². The summed E-state index contributed by atoms with van der Waals surface area (Å²) in [6.07, 6.45) is 2.74. The number of ether oxygens (including phenoxy) is 1. The lowest BCUT2D eigenvalue weighted by Crippen LogP contribution is -2.51. The summed E-state index contributed by atoms with van der Waals surface area (Å²) in [5.41, 5.74) is 3.10. The van der Waals surface area contributed by atoms with Crippen molar-refractivity contribution in [3.8, 4) is 11.3 Å². The van der Waals surface area contributed by atoms with Gasteiger partial charge >= 0.3 is 6.03 Å². The second-order valence-corrected chi connectivity index (χ2v) is 9.98. The minimum Gasteiger partial charge on any atom is -0.376 e. The molecule has 0 bridgehead atoms. The third-order valence-electron chi connectivity index (χ3n) is 6.64. The van der Waals surface area contributed by atoms with Crippen LogP contribution >= 0.6 is 0 Å². The van der Waals surface area contributed by atoms with Crippen molar-refractivity contribution in [2.45, 2.75) is 52.2 Å². The van der Waals surface area contributed by atoms with Crippen LogP contribution in [0.3, 0.4) is 0 Å². The molecule has 3 heterocycles. The molecule has 0 saturated carbocycles. The van der Waals surface area contributed by atoms with Gasteiger partial charge in [0.1, 0.15) is 6.54 Å². The summed E-state index contributed by atoms with van der Waals surface area (Å²) in [6, 6.07) is 12.0. The Balaban J connectivity index is 1.35. The van der Waals surface area contributed by atoms with E-state index in [1.807, 2.05) is 30.9 Å². The van der Waals surface area contributed by atoms with E-state index in [4.69, 9.17) is 4.74 Å². The Morgan fingerprint density at radius 1 is 1.06 bits per heavy atom. The highest BCUT2D eigenvalue weighted by Crippen LogP contribution is 2.20. The fraction of sp³-hybridized carbons (Fsp3) is 0.556. The quantitative estimate of drug-likeness (QED) is 0.636. The largest absolute Gasteiger partial charge is 0.376 e. The first-order valence-corrected chi connectivity index (χ1v) is 13.0. The summed E-state index contributed by atoms with van der Waals surface area (Å²) in [6.45, 7) is 9.83. The van der Waals surface area contributed by atoms with Crippen molar-refractivity contribution in [1.29, 1.82) is 0 Å². The molecule has 9 nitrogen and oxygen atoms in total. The number of nitrogens with one attached hydrogen (secondary N) is 1. The Morgan fingerprint density at radius 3 is 2.53 bits per heavy atom. The first kappa shape index (κ1) is 25.9. The Hall–Kier alpha value is -3.20. The standard InChI is InChI=1S/C27H38N6O3/c1-20(2)28-27(35)33(18-23-6-4-17-36-23)19-26(34)32-14-5-13-31(15-16-32)25-12-11-24(29-30-25)22-9-7-21(3)8-10-22/h7-12,20,23H,4-6,13-19H2,1-3H3,(H,28,35). The average molecular weight is 495 g/mol. The Labute approximate surface area is 213 Å². The molecule has 2 fully saturated rings. The molecule has 36 heavy (non-hydrogen) atoms.